The molecule has 1 aliphatic rings. The Hall–Kier alpha value is -2.36. The van der Waals surface area contributed by atoms with Gasteiger partial charge >= 0.3 is 5.97 Å². The number of hydrogen-bond acceptors (Lipinski definition) is 3. The van der Waals surface area contributed by atoms with Gasteiger partial charge in [0, 0.05) is 24.6 Å². The number of carboxylic acids is 1. The van der Waals surface area contributed by atoms with Crippen molar-refractivity contribution in [2.24, 2.45) is 11.3 Å². The SMILES string of the molecule is CC(C)(CC(=O)O)CC(=O)[C@H]1CNc2ccc3ccccc3c2C1. The van der Waals surface area contributed by atoms with Gasteiger partial charge in [0.1, 0.15) is 5.78 Å². The smallest absolute Gasteiger partial charge is 0.303 e. The molecule has 0 saturated carbocycles. The first-order valence-corrected chi connectivity index (χ1v) is 8.35. The van der Waals surface area contributed by atoms with Gasteiger partial charge in [-0.3, -0.25) is 9.59 Å². The lowest BCUT2D eigenvalue weighted by Crippen LogP contribution is -2.33. The van der Waals surface area contributed by atoms with Crippen LogP contribution in [0.2, 0.25) is 0 Å². The number of anilines is 1. The van der Waals surface area contributed by atoms with E-state index in [-0.39, 0.29) is 18.1 Å². The number of rotatable bonds is 5. The van der Waals surface area contributed by atoms with E-state index in [1.165, 1.54) is 16.3 Å². The van der Waals surface area contributed by atoms with Crippen molar-refractivity contribution in [3.63, 3.8) is 0 Å². The minimum atomic E-state index is -0.856. The summed E-state index contributed by atoms with van der Waals surface area (Å²) < 4.78 is 0. The van der Waals surface area contributed by atoms with Crippen LogP contribution in [0.15, 0.2) is 36.4 Å². The van der Waals surface area contributed by atoms with Crippen molar-refractivity contribution in [1.82, 2.24) is 0 Å². The molecular formula is C20H23NO3. The predicted octanol–water partition coefficient (Wildman–Crippen LogP) is 3.88. The monoisotopic (exact) mass is 325 g/mol. The number of carboxylic acid groups (broad SMARTS) is 1. The van der Waals surface area contributed by atoms with Crippen molar-refractivity contribution in [2.75, 3.05) is 11.9 Å². The Morgan fingerprint density at radius 1 is 1.17 bits per heavy atom. The Balaban J connectivity index is 1.80. The molecule has 0 aliphatic carbocycles. The summed E-state index contributed by atoms with van der Waals surface area (Å²) in [5, 5.41) is 14.7. The molecule has 0 saturated heterocycles. The van der Waals surface area contributed by atoms with Crippen LogP contribution in [0.5, 0.6) is 0 Å². The van der Waals surface area contributed by atoms with Gasteiger partial charge in [0.25, 0.3) is 0 Å². The molecule has 4 nitrogen and oxygen atoms in total. The maximum absolute atomic E-state index is 12.7. The number of Topliss-reactive ketones (excluding diaryl/α,β-unsaturated/α-hetero) is 1. The second-order valence-electron chi connectivity index (χ2n) is 7.47. The molecule has 0 spiro atoms. The molecule has 1 heterocycles. The van der Waals surface area contributed by atoms with Crippen LogP contribution < -0.4 is 5.32 Å². The third kappa shape index (κ3) is 3.42. The van der Waals surface area contributed by atoms with Gasteiger partial charge in [-0.25, -0.2) is 0 Å². The zero-order chi connectivity index (χ0) is 17.3. The molecule has 4 heteroatoms. The van der Waals surface area contributed by atoms with Gasteiger partial charge in [0.2, 0.25) is 0 Å². The molecule has 0 radical (unpaired) electrons. The molecule has 0 aromatic heterocycles. The van der Waals surface area contributed by atoms with Crippen molar-refractivity contribution >= 4 is 28.2 Å². The summed E-state index contributed by atoms with van der Waals surface area (Å²) in [7, 11) is 0. The second-order valence-corrected chi connectivity index (χ2v) is 7.47. The zero-order valence-electron chi connectivity index (χ0n) is 14.1. The number of nitrogens with one attached hydrogen (secondary N) is 1. The highest BCUT2D eigenvalue weighted by molar-refractivity contribution is 5.92. The summed E-state index contributed by atoms with van der Waals surface area (Å²) in [6.07, 6.45) is 1.02. The molecule has 2 N–H and O–H groups in total. The first kappa shape index (κ1) is 16.5. The minimum absolute atomic E-state index is 0.0123. The van der Waals surface area contributed by atoms with Gasteiger partial charge in [-0.2, -0.15) is 0 Å². The lowest BCUT2D eigenvalue weighted by Gasteiger charge is -2.29. The summed E-state index contributed by atoms with van der Waals surface area (Å²) in [5.74, 6) is -0.811. The fraction of sp³-hybridized carbons (Fsp3) is 0.400. The molecule has 2 aromatic rings. The van der Waals surface area contributed by atoms with Crippen LogP contribution in [0.1, 0.15) is 32.3 Å². The maximum Gasteiger partial charge on any atom is 0.303 e. The molecule has 1 aliphatic heterocycles. The van der Waals surface area contributed by atoms with Crippen molar-refractivity contribution in [1.29, 1.82) is 0 Å². The number of carbonyl (C=O) groups is 2. The molecule has 3 rings (SSSR count). The van der Waals surface area contributed by atoms with Crippen LogP contribution in [0.4, 0.5) is 5.69 Å². The molecule has 126 valence electrons. The van der Waals surface area contributed by atoms with Crippen molar-refractivity contribution < 1.29 is 14.7 Å². The van der Waals surface area contributed by atoms with Crippen LogP contribution in [0, 0.1) is 11.3 Å². The topological polar surface area (TPSA) is 66.4 Å². The Morgan fingerprint density at radius 3 is 2.67 bits per heavy atom. The predicted molar refractivity (Wildman–Crippen MR) is 95.3 cm³/mol. The number of ketones is 1. The number of benzene rings is 2. The Kier molecular flexibility index (Phi) is 4.31. The zero-order valence-corrected chi connectivity index (χ0v) is 14.1. The highest BCUT2D eigenvalue weighted by Crippen LogP contribution is 2.34. The number of carbonyl (C=O) groups excluding carboxylic acids is 1. The molecule has 2 aromatic carbocycles. The third-order valence-corrected chi connectivity index (χ3v) is 4.77. The van der Waals surface area contributed by atoms with Gasteiger partial charge in [-0.1, -0.05) is 44.2 Å². The molecule has 0 amide bonds. The molecule has 0 fully saturated rings. The summed E-state index contributed by atoms with van der Waals surface area (Å²) in [4.78, 5) is 23.7. The fourth-order valence-electron chi connectivity index (χ4n) is 3.59. The summed E-state index contributed by atoms with van der Waals surface area (Å²) in [6, 6.07) is 12.4. The summed E-state index contributed by atoms with van der Waals surface area (Å²) in [6.45, 7) is 4.31. The standard InChI is InChI=1S/C20H23NO3/c1-20(2,11-19(23)24)10-18(22)14-9-16-15-6-4-3-5-13(15)7-8-17(16)21-12-14/h3-8,14,21H,9-12H2,1-2H3,(H,23,24)/t14-/m1/s1. The lowest BCUT2D eigenvalue weighted by molar-refractivity contribution is -0.139. The van der Waals surface area contributed by atoms with E-state index in [9.17, 15) is 9.59 Å². The van der Waals surface area contributed by atoms with Crippen molar-refractivity contribution in [3.05, 3.63) is 42.0 Å². The van der Waals surface area contributed by atoms with Crippen LogP contribution in [0.25, 0.3) is 10.8 Å². The first-order chi connectivity index (χ1) is 11.4. The first-order valence-electron chi connectivity index (χ1n) is 8.35. The molecule has 1 atom stereocenters. The molecule has 24 heavy (non-hydrogen) atoms. The fourth-order valence-corrected chi connectivity index (χ4v) is 3.59. The highest BCUT2D eigenvalue weighted by Gasteiger charge is 2.31. The van der Waals surface area contributed by atoms with Crippen molar-refractivity contribution in [3.8, 4) is 0 Å². The van der Waals surface area contributed by atoms with Gasteiger partial charge in [0.05, 0.1) is 6.42 Å². The van der Waals surface area contributed by atoms with Crippen LogP contribution >= 0.6 is 0 Å². The van der Waals surface area contributed by atoms with E-state index in [0.717, 1.165) is 5.69 Å². The van der Waals surface area contributed by atoms with E-state index in [0.29, 0.717) is 19.4 Å². The number of fused-ring (bicyclic) bond motifs is 3. The maximum atomic E-state index is 12.7. The summed E-state index contributed by atoms with van der Waals surface area (Å²) in [5.41, 5.74) is 1.78. The number of aliphatic carboxylic acids is 1. The molecular weight excluding hydrogens is 302 g/mol. The van der Waals surface area contributed by atoms with E-state index in [1.54, 1.807) is 0 Å². The number of hydrogen-bond donors (Lipinski definition) is 2. The largest absolute Gasteiger partial charge is 0.481 e. The van der Waals surface area contributed by atoms with Crippen molar-refractivity contribution in [2.45, 2.75) is 33.1 Å². The Labute approximate surface area is 141 Å². The van der Waals surface area contributed by atoms with Gasteiger partial charge in [0.15, 0.2) is 0 Å². The quantitative estimate of drug-likeness (QED) is 0.875. The van der Waals surface area contributed by atoms with Gasteiger partial charge in [-0.15, -0.1) is 0 Å². The highest BCUT2D eigenvalue weighted by atomic mass is 16.4. The molecule has 0 unspecified atom stereocenters. The van der Waals surface area contributed by atoms with Crippen LogP contribution in [-0.4, -0.2) is 23.4 Å². The van der Waals surface area contributed by atoms with Crippen LogP contribution in [-0.2, 0) is 16.0 Å². The van der Waals surface area contributed by atoms with Gasteiger partial charge in [-0.05, 0) is 34.2 Å². The lowest BCUT2D eigenvalue weighted by atomic mass is 9.78. The second kappa shape index (κ2) is 6.27. The van der Waals surface area contributed by atoms with E-state index in [2.05, 4.69) is 29.6 Å². The van der Waals surface area contributed by atoms with E-state index in [4.69, 9.17) is 5.11 Å². The van der Waals surface area contributed by atoms with E-state index in [1.807, 2.05) is 26.0 Å². The molecule has 0 bridgehead atoms. The Morgan fingerprint density at radius 2 is 1.92 bits per heavy atom. The average molecular weight is 325 g/mol. The van der Waals surface area contributed by atoms with Crippen LogP contribution in [0.3, 0.4) is 0 Å². The average Bonchev–Trinajstić information content (AvgIpc) is 2.52. The summed E-state index contributed by atoms with van der Waals surface area (Å²) >= 11 is 0. The Bertz CT molecular complexity index is 795. The van der Waals surface area contributed by atoms with E-state index >= 15 is 0 Å². The normalized spacial score (nSPS) is 17.2. The third-order valence-electron chi connectivity index (χ3n) is 4.77. The van der Waals surface area contributed by atoms with Gasteiger partial charge < -0.3 is 10.4 Å². The minimum Gasteiger partial charge on any atom is -0.481 e. The van der Waals surface area contributed by atoms with E-state index < -0.39 is 11.4 Å².